The fraction of sp³-hybridized carbons (Fsp3) is 0.0952. The zero-order chi connectivity index (χ0) is 20.0. The van der Waals surface area contributed by atoms with Crippen LogP contribution in [0.15, 0.2) is 83.8 Å². The lowest BCUT2D eigenvalue weighted by Gasteiger charge is -2.14. The lowest BCUT2D eigenvalue weighted by molar-refractivity contribution is 0.262. The Hall–Kier alpha value is -3.32. The second-order valence-corrected chi connectivity index (χ2v) is 7.78. The van der Waals surface area contributed by atoms with E-state index >= 15 is 0 Å². The Bertz CT molecular complexity index is 1050. The highest BCUT2D eigenvalue weighted by Gasteiger charge is 2.16. The van der Waals surface area contributed by atoms with Crippen LogP contribution in [0.3, 0.4) is 0 Å². The van der Waals surface area contributed by atoms with Gasteiger partial charge in [-0.15, -0.1) is 0 Å². The second-order valence-electron chi connectivity index (χ2n) is 6.09. The Morgan fingerprint density at radius 2 is 1.39 bits per heavy atom. The molecule has 0 atom stereocenters. The number of carbonyl (C=O) groups excluding carboxylic acids is 1. The van der Waals surface area contributed by atoms with Gasteiger partial charge < -0.3 is 10.6 Å². The molecule has 0 radical (unpaired) electrons. The third-order valence-electron chi connectivity index (χ3n) is 4.09. The van der Waals surface area contributed by atoms with Crippen molar-refractivity contribution < 1.29 is 13.2 Å². The molecule has 0 spiro atoms. The summed E-state index contributed by atoms with van der Waals surface area (Å²) in [4.78, 5) is 12.4. The Morgan fingerprint density at radius 1 is 0.786 bits per heavy atom. The molecule has 0 aliphatic rings. The minimum Gasteiger partial charge on any atom is -0.308 e. The predicted molar refractivity (Wildman–Crippen MR) is 112 cm³/mol. The number of urea groups is 1. The molecular formula is C21H21N3O3S. The summed E-state index contributed by atoms with van der Waals surface area (Å²) in [6.07, 6.45) is 0.830. The molecule has 3 aromatic carbocycles. The highest BCUT2D eigenvalue weighted by Crippen LogP contribution is 2.25. The molecule has 0 unspecified atom stereocenters. The van der Waals surface area contributed by atoms with E-state index in [1.54, 1.807) is 60.7 Å². The maximum absolute atomic E-state index is 12.7. The van der Waals surface area contributed by atoms with Crippen molar-refractivity contribution in [1.29, 1.82) is 0 Å². The Balaban J connectivity index is 1.76. The minimum absolute atomic E-state index is 0.160. The monoisotopic (exact) mass is 395 g/mol. The van der Waals surface area contributed by atoms with Crippen molar-refractivity contribution in [2.75, 3.05) is 15.4 Å². The van der Waals surface area contributed by atoms with Crippen LogP contribution in [-0.2, 0) is 16.4 Å². The molecule has 3 N–H and O–H groups in total. The number of hydrogen-bond donors (Lipinski definition) is 3. The normalized spacial score (nSPS) is 10.9. The van der Waals surface area contributed by atoms with E-state index in [4.69, 9.17) is 0 Å². The second kappa shape index (κ2) is 8.58. The third-order valence-corrected chi connectivity index (χ3v) is 5.47. The standard InChI is InChI=1S/C21H21N3O3S/c1-2-16-12-14-18(15-13-16)28(26,27)24-20-11-7-6-10-19(20)23-21(25)22-17-8-4-3-5-9-17/h3-15,24H,2H2,1H3,(H2,22,23,25). The topological polar surface area (TPSA) is 87.3 Å². The SMILES string of the molecule is CCc1ccc(S(=O)(=O)Nc2ccccc2NC(=O)Nc2ccccc2)cc1. The largest absolute Gasteiger partial charge is 0.323 e. The van der Waals surface area contributed by atoms with Gasteiger partial charge in [0.25, 0.3) is 10.0 Å². The summed E-state index contributed by atoms with van der Waals surface area (Å²) in [6.45, 7) is 2.00. The van der Waals surface area contributed by atoms with Gasteiger partial charge in [-0.1, -0.05) is 49.4 Å². The highest BCUT2D eigenvalue weighted by atomic mass is 32.2. The summed E-state index contributed by atoms with van der Waals surface area (Å²) in [5.74, 6) is 0. The molecule has 2 amide bonds. The first kappa shape index (κ1) is 19.4. The number of aryl methyl sites for hydroxylation is 1. The lowest BCUT2D eigenvalue weighted by Crippen LogP contribution is -2.21. The molecule has 0 saturated heterocycles. The maximum atomic E-state index is 12.7. The van der Waals surface area contributed by atoms with Gasteiger partial charge in [0, 0.05) is 5.69 Å². The fourth-order valence-corrected chi connectivity index (χ4v) is 3.68. The van der Waals surface area contributed by atoms with Crippen LogP contribution in [-0.4, -0.2) is 14.4 Å². The number of nitrogens with one attached hydrogen (secondary N) is 3. The van der Waals surface area contributed by atoms with Crippen molar-refractivity contribution >= 4 is 33.1 Å². The average Bonchev–Trinajstić information content (AvgIpc) is 2.70. The molecule has 0 saturated carbocycles. The number of anilines is 3. The summed E-state index contributed by atoms with van der Waals surface area (Å²) in [5, 5.41) is 5.37. The minimum atomic E-state index is -3.78. The Kier molecular flexibility index (Phi) is 5.96. The van der Waals surface area contributed by atoms with Crippen LogP contribution in [0.2, 0.25) is 0 Å². The number of para-hydroxylation sites is 3. The van der Waals surface area contributed by atoms with Gasteiger partial charge >= 0.3 is 6.03 Å². The van der Waals surface area contributed by atoms with Crippen LogP contribution in [0.1, 0.15) is 12.5 Å². The summed E-state index contributed by atoms with van der Waals surface area (Å²) in [7, 11) is -3.78. The molecule has 0 aliphatic heterocycles. The van der Waals surface area contributed by atoms with Gasteiger partial charge in [0.15, 0.2) is 0 Å². The highest BCUT2D eigenvalue weighted by molar-refractivity contribution is 7.92. The molecule has 6 nitrogen and oxygen atoms in total. The molecule has 0 fully saturated rings. The van der Waals surface area contributed by atoms with Crippen molar-refractivity contribution in [2.24, 2.45) is 0 Å². The van der Waals surface area contributed by atoms with Gasteiger partial charge in [0.05, 0.1) is 16.3 Å². The van der Waals surface area contributed by atoms with Gasteiger partial charge in [0.1, 0.15) is 0 Å². The third kappa shape index (κ3) is 4.89. The molecule has 144 valence electrons. The fourth-order valence-electron chi connectivity index (χ4n) is 2.60. The molecular weight excluding hydrogens is 374 g/mol. The summed E-state index contributed by atoms with van der Waals surface area (Å²) in [5.41, 5.74) is 2.32. The number of amides is 2. The molecule has 0 aliphatic carbocycles. The van der Waals surface area contributed by atoms with Crippen LogP contribution in [0.5, 0.6) is 0 Å². The van der Waals surface area contributed by atoms with Crippen molar-refractivity contribution in [2.45, 2.75) is 18.2 Å². The van der Waals surface area contributed by atoms with E-state index in [9.17, 15) is 13.2 Å². The first-order valence-corrected chi connectivity index (χ1v) is 10.3. The van der Waals surface area contributed by atoms with E-state index in [-0.39, 0.29) is 10.6 Å². The van der Waals surface area contributed by atoms with E-state index in [0.29, 0.717) is 11.4 Å². The van der Waals surface area contributed by atoms with E-state index in [2.05, 4.69) is 15.4 Å². The van der Waals surface area contributed by atoms with Crippen molar-refractivity contribution in [3.63, 3.8) is 0 Å². The first-order valence-electron chi connectivity index (χ1n) is 8.82. The van der Waals surface area contributed by atoms with E-state index in [1.165, 1.54) is 0 Å². The van der Waals surface area contributed by atoms with Crippen molar-refractivity contribution in [3.05, 3.63) is 84.4 Å². The molecule has 28 heavy (non-hydrogen) atoms. The Labute approximate surface area is 164 Å². The quantitative estimate of drug-likeness (QED) is 0.566. The van der Waals surface area contributed by atoms with Crippen LogP contribution >= 0.6 is 0 Å². The van der Waals surface area contributed by atoms with Gasteiger partial charge in [-0.2, -0.15) is 0 Å². The van der Waals surface area contributed by atoms with Crippen LogP contribution in [0, 0.1) is 0 Å². The van der Waals surface area contributed by atoms with Gasteiger partial charge in [0.2, 0.25) is 0 Å². The molecule has 3 aromatic rings. The number of carbonyl (C=O) groups is 1. The average molecular weight is 395 g/mol. The summed E-state index contributed by atoms with van der Waals surface area (Å²) in [6, 6.07) is 21.8. The number of rotatable bonds is 6. The maximum Gasteiger partial charge on any atom is 0.323 e. The predicted octanol–water partition coefficient (Wildman–Crippen LogP) is 4.69. The van der Waals surface area contributed by atoms with Gasteiger partial charge in [-0.05, 0) is 48.4 Å². The van der Waals surface area contributed by atoms with Gasteiger partial charge in [-0.3, -0.25) is 4.72 Å². The van der Waals surface area contributed by atoms with E-state index < -0.39 is 16.1 Å². The summed E-state index contributed by atoms with van der Waals surface area (Å²) >= 11 is 0. The first-order chi connectivity index (χ1) is 13.5. The summed E-state index contributed by atoms with van der Waals surface area (Å²) < 4.78 is 27.9. The number of hydrogen-bond acceptors (Lipinski definition) is 3. The Morgan fingerprint density at radius 3 is 2.04 bits per heavy atom. The molecule has 0 aromatic heterocycles. The van der Waals surface area contributed by atoms with Crippen molar-refractivity contribution in [3.8, 4) is 0 Å². The van der Waals surface area contributed by atoms with Crippen LogP contribution < -0.4 is 15.4 Å². The number of sulfonamides is 1. The molecule has 0 heterocycles. The van der Waals surface area contributed by atoms with Crippen LogP contribution in [0.25, 0.3) is 0 Å². The molecule has 0 bridgehead atoms. The zero-order valence-corrected chi connectivity index (χ0v) is 16.2. The number of benzene rings is 3. The lowest BCUT2D eigenvalue weighted by atomic mass is 10.2. The molecule has 3 rings (SSSR count). The van der Waals surface area contributed by atoms with E-state index in [0.717, 1.165) is 12.0 Å². The van der Waals surface area contributed by atoms with Crippen molar-refractivity contribution in [1.82, 2.24) is 0 Å². The smallest absolute Gasteiger partial charge is 0.308 e. The van der Waals surface area contributed by atoms with Gasteiger partial charge in [-0.25, -0.2) is 13.2 Å². The zero-order valence-electron chi connectivity index (χ0n) is 15.3. The molecule has 7 heteroatoms. The van der Waals surface area contributed by atoms with E-state index in [1.807, 2.05) is 25.1 Å². The van der Waals surface area contributed by atoms with Crippen LogP contribution in [0.4, 0.5) is 21.9 Å².